The van der Waals surface area contributed by atoms with E-state index in [0.717, 1.165) is 6.42 Å². The summed E-state index contributed by atoms with van der Waals surface area (Å²) in [5.41, 5.74) is 4.15. The molecule has 0 saturated carbocycles. The SMILES string of the molecule is CCOC(=O)C1=CC(Cc2ccccc2)ON1. The van der Waals surface area contributed by atoms with E-state index in [4.69, 9.17) is 9.57 Å². The number of benzene rings is 1. The van der Waals surface area contributed by atoms with Crippen molar-refractivity contribution in [3.63, 3.8) is 0 Å². The molecule has 0 amide bonds. The van der Waals surface area contributed by atoms with E-state index >= 15 is 0 Å². The molecule has 1 heterocycles. The van der Waals surface area contributed by atoms with Crippen LogP contribution in [0.4, 0.5) is 0 Å². The fraction of sp³-hybridized carbons (Fsp3) is 0.308. The van der Waals surface area contributed by atoms with E-state index in [9.17, 15) is 4.79 Å². The number of carbonyl (C=O) groups excluding carboxylic acids is 1. The van der Waals surface area contributed by atoms with Crippen LogP contribution in [0.3, 0.4) is 0 Å². The lowest BCUT2D eigenvalue weighted by Crippen LogP contribution is -2.19. The number of ether oxygens (including phenoxy) is 1. The Morgan fingerprint density at radius 2 is 2.18 bits per heavy atom. The Labute approximate surface area is 100 Å². The molecule has 0 spiro atoms. The van der Waals surface area contributed by atoms with Crippen LogP contribution in [-0.4, -0.2) is 18.7 Å². The lowest BCUT2D eigenvalue weighted by molar-refractivity contribution is -0.140. The van der Waals surface area contributed by atoms with E-state index in [1.165, 1.54) is 5.56 Å². The quantitative estimate of drug-likeness (QED) is 0.802. The number of hydroxylamine groups is 1. The van der Waals surface area contributed by atoms with E-state index < -0.39 is 0 Å². The van der Waals surface area contributed by atoms with Crippen LogP contribution in [0.15, 0.2) is 42.1 Å². The molecule has 4 heteroatoms. The molecular weight excluding hydrogens is 218 g/mol. The van der Waals surface area contributed by atoms with Gasteiger partial charge in [-0.25, -0.2) is 4.79 Å². The molecule has 17 heavy (non-hydrogen) atoms. The van der Waals surface area contributed by atoms with Gasteiger partial charge >= 0.3 is 5.97 Å². The van der Waals surface area contributed by atoms with E-state index in [1.54, 1.807) is 13.0 Å². The molecule has 2 rings (SSSR count). The molecule has 0 radical (unpaired) electrons. The van der Waals surface area contributed by atoms with Crippen molar-refractivity contribution in [3.05, 3.63) is 47.7 Å². The van der Waals surface area contributed by atoms with Gasteiger partial charge in [0, 0.05) is 6.42 Å². The van der Waals surface area contributed by atoms with Crippen LogP contribution in [0, 0.1) is 0 Å². The molecule has 0 bridgehead atoms. The van der Waals surface area contributed by atoms with Crippen LogP contribution in [0.25, 0.3) is 0 Å². The standard InChI is InChI=1S/C13H15NO3/c1-2-16-13(15)12-9-11(17-14-12)8-10-6-4-3-5-7-10/h3-7,9,11,14H,2,8H2,1H3. The Balaban J connectivity index is 1.95. The average Bonchev–Trinajstić information content (AvgIpc) is 2.79. The Bertz CT molecular complexity index is 414. The summed E-state index contributed by atoms with van der Waals surface area (Å²) in [4.78, 5) is 16.7. The number of carbonyl (C=O) groups is 1. The molecule has 1 N–H and O–H groups in total. The van der Waals surface area contributed by atoms with Crippen molar-refractivity contribution in [2.24, 2.45) is 0 Å². The highest BCUT2D eigenvalue weighted by Gasteiger charge is 2.22. The summed E-state index contributed by atoms with van der Waals surface area (Å²) in [6.07, 6.45) is 2.36. The second kappa shape index (κ2) is 5.50. The summed E-state index contributed by atoms with van der Waals surface area (Å²) in [6.45, 7) is 2.14. The first-order valence-electron chi connectivity index (χ1n) is 5.64. The molecule has 90 valence electrons. The minimum Gasteiger partial charge on any atom is -0.461 e. The maximum Gasteiger partial charge on any atom is 0.356 e. The van der Waals surface area contributed by atoms with Crippen molar-refractivity contribution in [2.45, 2.75) is 19.4 Å². The van der Waals surface area contributed by atoms with Gasteiger partial charge in [-0.15, -0.1) is 0 Å². The lowest BCUT2D eigenvalue weighted by atomic mass is 10.1. The molecule has 1 aliphatic rings. The second-order valence-corrected chi connectivity index (χ2v) is 3.75. The predicted octanol–water partition coefficient (Wildman–Crippen LogP) is 1.58. The Morgan fingerprint density at radius 1 is 1.41 bits per heavy atom. The lowest BCUT2D eigenvalue weighted by Gasteiger charge is -2.06. The van der Waals surface area contributed by atoms with E-state index in [1.807, 2.05) is 30.3 Å². The summed E-state index contributed by atoms with van der Waals surface area (Å²) in [5, 5.41) is 0. The van der Waals surface area contributed by atoms with Gasteiger partial charge in [0.2, 0.25) is 0 Å². The van der Waals surface area contributed by atoms with Crippen LogP contribution in [0.5, 0.6) is 0 Å². The molecule has 1 unspecified atom stereocenters. The van der Waals surface area contributed by atoms with Crippen molar-refractivity contribution in [1.82, 2.24) is 5.48 Å². The average molecular weight is 233 g/mol. The molecule has 0 saturated heterocycles. The Morgan fingerprint density at radius 3 is 2.88 bits per heavy atom. The first-order chi connectivity index (χ1) is 8.29. The summed E-state index contributed by atoms with van der Waals surface area (Å²) in [5.74, 6) is -0.372. The Hall–Kier alpha value is -1.81. The summed E-state index contributed by atoms with van der Waals surface area (Å²) < 4.78 is 4.87. The summed E-state index contributed by atoms with van der Waals surface area (Å²) in [6, 6.07) is 9.98. The van der Waals surface area contributed by atoms with E-state index in [-0.39, 0.29) is 12.1 Å². The molecule has 1 aromatic carbocycles. The maximum absolute atomic E-state index is 11.4. The van der Waals surface area contributed by atoms with Gasteiger partial charge in [-0.2, -0.15) is 0 Å². The number of esters is 1. The van der Waals surface area contributed by atoms with Crippen LogP contribution >= 0.6 is 0 Å². The monoisotopic (exact) mass is 233 g/mol. The van der Waals surface area contributed by atoms with Gasteiger partial charge in [0.1, 0.15) is 11.8 Å². The normalized spacial score (nSPS) is 18.4. The van der Waals surface area contributed by atoms with Gasteiger partial charge in [-0.3, -0.25) is 10.3 Å². The van der Waals surface area contributed by atoms with Gasteiger partial charge in [0.05, 0.1) is 6.61 Å². The number of nitrogens with one attached hydrogen (secondary N) is 1. The molecule has 1 aliphatic heterocycles. The van der Waals surface area contributed by atoms with Crippen LogP contribution in [0.1, 0.15) is 12.5 Å². The van der Waals surface area contributed by atoms with Gasteiger partial charge in [-0.1, -0.05) is 30.3 Å². The minimum absolute atomic E-state index is 0.128. The Kier molecular flexibility index (Phi) is 3.77. The zero-order valence-corrected chi connectivity index (χ0v) is 9.68. The van der Waals surface area contributed by atoms with Crippen molar-refractivity contribution >= 4 is 5.97 Å². The maximum atomic E-state index is 11.4. The third kappa shape index (κ3) is 3.07. The number of rotatable bonds is 4. The fourth-order valence-corrected chi connectivity index (χ4v) is 1.66. The molecule has 1 aromatic rings. The van der Waals surface area contributed by atoms with Crippen LogP contribution < -0.4 is 5.48 Å². The summed E-state index contributed by atoms with van der Waals surface area (Å²) >= 11 is 0. The van der Waals surface area contributed by atoms with E-state index in [2.05, 4.69) is 5.48 Å². The fourth-order valence-electron chi connectivity index (χ4n) is 1.66. The van der Waals surface area contributed by atoms with Crippen LogP contribution in [0.2, 0.25) is 0 Å². The van der Waals surface area contributed by atoms with Gasteiger partial charge in [0.25, 0.3) is 0 Å². The predicted molar refractivity (Wildman–Crippen MR) is 62.9 cm³/mol. The number of hydrogen-bond acceptors (Lipinski definition) is 4. The topological polar surface area (TPSA) is 47.6 Å². The van der Waals surface area contributed by atoms with E-state index in [0.29, 0.717) is 12.3 Å². The smallest absolute Gasteiger partial charge is 0.356 e. The minimum atomic E-state index is -0.372. The number of hydrogen-bond donors (Lipinski definition) is 1. The van der Waals surface area contributed by atoms with Crippen molar-refractivity contribution in [1.29, 1.82) is 0 Å². The van der Waals surface area contributed by atoms with Gasteiger partial charge in [-0.05, 0) is 18.6 Å². The highest BCUT2D eigenvalue weighted by atomic mass is 16.7. The van der Waals surface area contributed by atoms with Gasteiger partial charge in [0.15, 0.2) is 0 Å². The van der Waals surface area contributed by atoms with Crippen molar-refractivity contribution < 1.29 is 14.4 Å². The molecule has 1 atom stereocenters. The van der Waals surface area contributed by atoms with Crippen molar-refractivity contribution in [2.75, 3.05) is 6.61 Å². The first-order valence-corrected chi connectivity index (χ1v) is 5.64. The molecule has 0 fully saturated rings. The molecule has 0 aliphatic carbocycles. The zero-order chi connectivity index (χ0) is 12.1. The largest absolute Gasteiger partial charge is 0.461 e. The second-order valence-electron chi connectivity index (χ2n) is 3.75. The third-order valence-electron chi connectivity index (χ3n) is 2.45. The summed E-state index contributed by atoms with van der Waals surface area (Å²) in [7, 11) is 0. The third-order valence-corrected chi connectivity index (χ3v) is 2.45. The van der Waals surface area contributed by atoms with Crippen molar-refractivity contribution in [3.8, 4) is 0 Å². The highest BCUT2D eigenvalue weighted by molar-refractivity contribution is 5.87. The first kappa shape index (κ1) is 11.7. The zero-order valence-electron chi connectivity index (χ0n) is 9.68. The molecular formula is C13H15NO3. The van der Waals surface area contributed by atoms with Crippen LogP contribution in [-0.2, 0) is 20.8 Å². The molecule has 4 nitrogen and oxygen atoms in total. The van der Waals surface area contributed by atoms with Gasteiger partial charge < -0.3 is 4.74 Å². The molecule has 0 aromatic heterocycles. The highest BCUT2D eigenvalue weighted by Crippen LogP contribution is 2.13.